The number of benzene rings is 1. The van der Waals surface area contributed by atoms with Gasteiger partial charge in [-0.2, -0.15) is 0 Å². The number of rotatable bonds is 6. The van der Waals surface area contributed by atoms with E-state index in [2.05, 4.69) is 0 Å². The summed E-state index contributed by atoms with van der Waals surface area (Å²) < 4.78 is 15.8. The highest BCUT2D eigenvalue weighted by molar-refractivity contribution is 5.90. The van der Waals surface area contributed by atoms with Gasteiger partial charge in [0.1, 0.15) is 19.2 Å². The second-order valence-electron chi connectivity index (χ2n) is 7.23. The normalized spacial score (nSPS) is 23.0. The molecule has 0 radical (unpaired) electrons. The first-order valence-corrected chi connectivity index (χ1v) is 10.0. The second kappa shape index (κ2) is 9.60. The van der Waals surface area contributed by atoms with Crippen molar-refractivity contribution in [2.24, 2.45) is 0 Å². The van der Waals surface area contributed by atoms with Gasteiger partial charge in [0.25, 0.3) is 0 Å². The van der Waals surface area contributed by atoms with E-state index in [9.17, 15) is 19.2 Å². The zero-order chi connectivity index (χ0) is 21.7. The topological polar surface area (TPSA) is 102 Å². The van der Waals surface area contributed by atoms with Gasteiger partial charge in [-0.25, -0.2) is 4.79 Å². The van der Waals surface area contributed by atoms with Crippen LogP contribution in [0.15, 0.2) is 30.3 Å². The summed E-state index contributed by atoms with van der Waals surface area (Å²) in [6, 6.07) is 7.84. The van der Waals surface area contributed by atoms with Crippen molar-refractivity contribution in [3.8, 4) is 0 Å². The van der Waals surface area contributed by atoms with Crippen molar-refractivity contribution in [1.29, 1.82) is 0 Å². The molecule has 9 heteroatoms. The lowest BCUT2D eigenvalue weighted by molar-refractivity contribution is -0.193. The van der Waals surface area contributed by atoms with Crippen LogP contribution in [0.3, 0.4) is 0 Å². The Morgan fingerprint density at radius 3 is 2.50 bits per heavy atom. The average Bonchev–Trinajstić information content (AvgIpc) is 2.73. The molecule has 2 fully saturated rings. The number of hydrogen-bond donors (Lipinski definition) is 0. The molecule has 0 N–H and O–H groups in total. The summed E-state index contributed by atoms with van der Waals surface area (Å²) in [6.45, 7) is 2.78. The Bertz CT molecular complexity index is 798. The van der Waals surface area contributed by atoms with Gasteiger partial charge < -0.3 is 14.2 Å². The number of fused-ring (bicyclic) bond motifs is 2. The largest absolute Gasteiger partial charge is 0.465 e. The van der Waals surface area contributed by atoms with Crippen molar-refractivity contribution in [1.82, 2.24) is 9.80 Å². The first-order chi connectivity index (χ1) is 14.4. The maximum Gasteiger partial charge on any atom is 0.411 e. The molecule has 2 bridgehead atoms. The Labute approximate surface area is 174 Å². The molecular formula is C21H26N2O7. The number of ether oxygens (including phenoxy) is 3. The zero-order valence-electron chi connectivity index (χ0n) is 17.1. The Balaban J connectivity index is 1.81. The number of likely N-dealkylation sites (tertiary alicyclic amines) is 1. The Hall–Kier alpha value is -3.10. The van der Waals surface area contributed by atoms with Crippen molar-refractivity contribution in [3.05, 3.63) is 35.9 Å². The summed E-state index contributed by atoms with van der Waals surface area (Å²) in [6.07, 6.45) is -0.0622. The molecule has 0 aliphatic carbocycles. The summed E-state index contributed by atoms with van der Waals surface area (Å²) in [5.41, 5.74) is 0.819. The fourth-order valence-electron chi connectivity index (χ4n) is 3.96. The van der Waals surface area contributed by atoms with Gasteiger partial charge in [0.15, 0.2) is 6.23 Å². The van der Waals surface area contributed by atoms with Crippen LogP contribution in [0.2, 0.25) is 0 Å². The number of amides is 2. The molecule has 1 unspecified atom stereocenters. The van der Waals surface area contributed by atoms with Gasteiger partial charge in [-0.1, -0.05) is 30.3 Å². The highest BCUT2D eigenvalue weighted by atomic mass is 16.6. The van der Waals surface area contributed by atoms with Crippen LogP contribution in [0, 0.1) is 0 Å². The van der Waals surface area contributed by atoms with Crippen LogP contribution in [0.5, 0.6) is 0 Å². The van der Waals surface area contributed by atoms with Crippen molar-refractivity contribution in [2.45, 2.75) is 58.0 Å². The van der Waals surface area contributed by atoms with Gasteiger partial charge in [0.05, 0.1) is 12.6 Å². The summed E-state index contributed by atoms with van der Waals surface area (Å²) in [7, 11) is 0. The summed E-state index contributed by atoms with van der Waals surface area (Å²) in [5, 5.41) is 0. The fourth-order valence-corrected chi connectivity index (χ4v) is 3.96. The highest BCUT2D eigenvalue weighted by Gasteiger charge is 2.53. The van der Waals surface area contributed by atoms with Crippen LogP contribution in [-0.2, 0) is 35.2 Å². The number of carbonyl (C=O) groups excluding carboxylic acids is 4. The minimum atomic E-state index is -1.07. The third-order valence-corrected chi connectivity index (χ3v) is 5.18. The van der Waals surface area contributed by atoms with Crippen molar-refractivity contribution in [3.63, 3.8) is 0 Å². The van der Waals surface area contributed by atoms with Gasteiger partial charge in [0.2, 0.25) is 5.91 Å². The van der Waals surface area contributed by atoms with Crippen LogP contribution in [0.1, 0.15) is 38.7 Å². The van der Waals surface area contributed by atoms with Crippen LogP contribution >= 0.6 is 0 Å². The van der Waals surface area contributed by atoms with Gasteiger partial charge in [-0.3, -0.25) is 24.2 Å². The first kappa shape index (κ1) is 21.6. The Kier molecular flexibility index (Phi) is 6.91. The number of piperazine rings is 1. The van der Waals surface area contributed by atoms with E-state index >= 15 is 0 Å². The fraction of sp³-hybridized carbons (Fsp3) is 0.524. The van der Waals surface area contributed by atoms with E-state index in [4.69, 9.17) is 14.2 Å². The van der Waals surface area contributed by atoms with E-state index in [-0.39, 0.29) is 19.8 Å². The minimum absolute atomic E-state index is 0.0641. The lowest BCUT2D eigenvalue weighted by Gasteiger charge is -2.51. The molecule has 30 heavy (non-hydrogen) atoms. The quantitative estimate of drug-likeness (QED) is 0.513. The van der Waals surface area contributed by atoms with E-state index in [0.717, 1.165) is 5.56 Å². The van der Waals surface area contributed by atoms with Crippen LogP contribution in [0.4, 0.5) is 4.79 Å². The number of nitrogens with zero attached hydrogens (tertiary/aromatic N) is 2. The van der Waals surface area contributed by atoms with E-state index < -0.39 is 42.3 Å². The smallest absolute Gasteiger partial charge is 0.411 e. The molecule has 2 saturated heterocycles. The molecule has 2 aliphatic heterocycles. The molecule has 2 heterocycles. The van der Waals surface area contributed by atoms with Crippen molar-refractivity contribution >= 4 is 23.9 Å². The lowest BCUT2D eigenvalue weighted by Crippen LogP contribution is -2.71. The number of hydrogen-bond acceptors (Lipinski definition) is 7. The number of carbonyl (C=O) groups is 4. The van der Waals surface area contributed by atoms with Crippen LogP contribution in [0.25, 0.3) is 0 Å². The predicted octanol–water partition coefficient (Wildman–Crippen LogP) is 1.84. The lowest BCUT2D eigenvalue weighted by atomic mass is 9.89. The molecule has 0 spiro atoms. The molecule has 0 saturated carbocycles. The molecule has 9 nitrogen and oxygen atoms in total. The van der Waals surface area contributed by atoms with Gasteiger partial charge in [0, 0.05) is 6.92 Å². The SMILES string of the molecule is CCOC(=O)CN1C(=O)[C@@H]2CCC[C@H](C1OC(C)=O)N2C(=O)OCc1ccccc1. The maximum atomic E-state index is 13.1. The summed E-state index contributed by atoms with van der Waals surface area (Å²) in [4.78, 5) is 52.3. The van der Waals surface area contributed by atoms with Crippen LogP contribution in [-0.4, -0.2) is 65.2 Å². The second-order valence-corrected chi connectivity index (χ2v) is 7.23. The molecule has 2 amide bonds. The number of esters is 2. The zero-order valence-corrected chi connectivity index (χ0v) is 17.1. The first-order valence-electron chi connectivity index (χ1n) is 10.0. The molecular weight excluding hydrogens is 392 g/mol. The van der Waals surface area contributed by atoms with E-state index in [0.29, 0.717) is 19.3 Å². The monoisotopic (exact) mass is 418 g/mol. The van der Waals surface area contributed by atoms with Crippen molar-refractivity contribution in [2.75, 3.05) is 13.2 Å². The molecule has 1 aromatic carbocycles. The molecule has 3 rings (SSSR count). The van der Waals surface area contributed by atoms with Gasteiger partial charge >= 0.3 is 18.0 Å². The summed E-state index contributed by atoms with van der Waals surface area (Å²) in [5.74, 6) is -1.66. The third kappa shape index (κ3) is 4.72. The molecule has 162 valence electrons. The van der Waals surface area contributed by atoms with Gasteiger partial charge in [-0.15, -0.1) is 0 Å². The molecule has 0 aromatic heterocycles. The van der Waals surface area contributed by atoms with Gasteiger partial charge in [-0.05, 0) is 31.7 Å². The van der Waals surface area contributed by atoms with E-state index in [1.165, 1.54) is 16.7 Å². The third-order valence-electron chi connectivity index (χ3n) is 5.18. The standard InChI is InChI=1S/C21H26N2O7/c1-3-28-18(25)12-22-19(26)16-10-7-11-17(20(22)30-14(2)24)23(16)21(27)29-13-15-8-5-4-6-9-15/h4-6,8-9,16-17,20H,3,7,10-13H2,1-2H3/t16-,17+,20?/m0/s1. The summed E-state index contributed by atoms with van der Waals surface area (Å²) >= 11 is 0. The van der Waals surface area contributed by atoms with Crippen molar-refractivity contribution < 1.29 is 33.4 Å². The average molecular weight is 418 g/mol. The molecule has 1 aromatic rings. The molecule has 2 aliphatic rings. The Morgan fingerprint density at radius 1 is 1.10 bits per heavy atom. The highest BCUT2D eigenvalue weighted by Crippen LogP contribution is 2.35. The minimum Gasteiger partial charge on any atom is -0.465 e. The Morgan fingerprint density at radius 2 is 1.83 bits per heavy atom. The number of piperidine rings is 1. The van der Waals surface area contributed by atoms with E-state index in [1.807, 2.05) is 30.3 Å². The van der Waals surface area contributed by atoms with Crippen LogP contribution < -0.4 is 0 Å². The maximum absolute atomic E-state index is 13.1. The predicted molar refractivity (Wildman–Crippen MR) is 104 cm³/mol. The molecule has 3 atom stereocenters. The van der Waals surface area contributed by atoms with E-state index in [1.54, 1.807) is 6.92 Å².